The van der Waals surface area contributed by atoms with Gasteiger partial charge in [0.25, 0.3) is 0 Å². The Morgan fingerprint density at radius 2 is 0.852 bits per heavy atom. The van der Waals surface area contributed by atoms with Crippen molar-refractivity contribution in [3.05, 3.63) is 0 Å². The molecule has 0 bridgehead atoms. The Hall–Kier alpha value is 0.130. The molecule has 0 saturated heterocycles. The molecule has 0 aromatic rings. The first-order valence-electron chi connectivity index (χ1n) is 10.5. The quantitative estimate of drug-likeness (QED) is 0.302. The van der Waals surface area contributed by atoms with Gasteiger partial charge in [0.2, 0.25) is 0 Å². The minimum absolute atomic E-state index is 0.385. The van der Waals surface area contributed by atoms with Crippen LogP contribution in [0.15, 0.2) is 0 Å². The van der Waals surface area contributed by atoms with Crippen molar-refractivity contribution in [2.75, 3.05) is 0 Å². The zero-order valence-corrected chi connectivity index (χ0v) is 17.8. The van der Waals surface area contributed by atoms with Crippen molar-refractivity contribution in [3.63, 3.8) is 0 Å². The minimum atomic E-state index is -5.84. The van der Waals surface area contributed by atoms with Crippen LogP contribution in [-0.4, -0.2) is 35.5 Å². The lowest BCUT2D eigenvalue weighted by molar-refractivity contribution is -0.0510. The number of rotatable bonds is 3. The first-order chi connectivity index (χ1) is 12.7. The molecule has 3 aliphatic carbocycles. The zero-order valence-electron chi connectivity index (χ0n) is 16.1. The van der Waals surface area contributed by atoms with Crippen LogP contribution in [0.4, 0.5) is 13.2 Å². The number of hydrogen-bond acceptors (Lipinski definition) is 2. The molecule has 3 fully saturated rings. The summed E-state index contributed by atoms with van der Waals surface area (Å²) in [5, 5.41) is 0. The van der Waals surface area contributed by atoms with Crippen molar-refractivity contribution in [3.8, 4) is 0 Å². The van der Waals surface area contributed by atoms with Gasteiger partial charge in [-0.25, -0.2) is 0 Å². The summed E-state index contributed by atoms with van der Waals surface area (Å²) in [7, 11) is -5.46. The van der Waals surface area contributed by atoms with Gasteiger partial charge in [0.1, 0.15) is 0 Å². The number of hydrogen-bond donors (Lipinski definition) is 1. The molecule has 27 heavy (non-hydrogen) atoms. The van der Waals surface area contributed by atoms with Crippen LogP contribution in [0.2, 0.25) is 0 Å². The maximum atomic E-state index is 10.7. The molecule has 0 amide bonds. The molecule has 3 aliphatic rings. The standard InChI is InChI=1S/C18H33P.CHF3O3S/c1-4-10-16(11-5-1)19(17-12-6-2-7-13-17)18-14-8-3-9-15-18;2-1(3,4)8(5,6)7/h16-18H,1-15H2;(H,5,6,7). The Morgan fingerprint density at radius 1 is 0.630 bits per heavy atom. The highest BCUT2D eigenvalue weighted by molar-refractivity contribution is 7.86. The third-order valence-electron chi connectivity index (χ3n) is 6.28. The molecule has 3 rings (SSSR count). The Morgan fingerprint density at radius 3 is 1.04 bits per heavy atom. The van der Waals surface area contributed by atoms with Crippen LogP contribution in [0.3, 0.4) is 0 Å². The van der Waals surface area contributed by atoms with Gasteiger partial charge in [-0.3, -0.25) is 4.55 Å². The summed E-state index contributed by atoms with van der Waals surface area (Å²) in [6.07, 6.45) is 23.6. The summed E-state index contributed by atoms with van der Waals surface area (Å²) in [4.78, 5) is 0. The molecule has 3 saturated carbocycles. The summed E-state index contributed by atoms with van der Waals surface area (Å²) in [6.45, 7) is 0. The van der Waals surface area contributed by atoms with Crippen molar-refractivity contribution in [2.24, 2.45) is 0 Å². The van der Waals surface area contributed by atoms with Gasteiger partial charge in [-0.05, 0) is 55.5 Å². The Labute approximate surface area is 163 Å². The molecule has 0 aromatic heterocycles. The van der Waals surface area contributed by atoms with Crippen molar-refractivity contribution < 1.29 is 26.1 Å². The second kappa shape index (κ2) is 10.8. The smallest absolute Gasteiger partial charge is 0.279 e. The SMILES string of the molecule is C1CCC(P(C2CCCCC2)C2CCCCC2)CC1.O=S(=O)(O)C(F)(F)F. The van der Waals surface area contributed by atoms with Crippen LogP contribution >= 0.6 is 7.92 Å². The normalized spacial score (nSPS) is 24.5. The van der Waals surface area contributed by atoms with Crippen LogP contribution in [0.1, 0.15) is 96.3 Å². The minimum Gasteiger partial charge on any atom is -0.279 e. The fraction of sp³-hybridized carbons (Fsp3) is 1.00. The van der Waals surface area contributed by atoms with Crippen LogP contribution in [-0.2, 0) is 10.1 Å². The zero-order chi connectivity index (χ0) is 19.9. The fourth-order valence-electron chi connectivity index (χ4n) is 5.03. The molecule has 3 nitrogen and oxygen atoms in total. The number of halogens is 3. The van der Waals surface area contributed by atoms with Gasteiger partial charge in [-0.1, -0.05) is 65.7 Å². The molecule has 0 spiro atoms. The van der Waals surface area contributed by atoms with Gasteiger partial charge in [-0.15, -0.1) is 0 Å². The molecule has 0 heterocycles. The second-order valence-electron chi connectivity index (χ2n) is 8.24. The van der Waals surface area contributed by atoms with E-state index < -0.39 is 15.6 Å². The molecular formula is C19H34F3O3PS. The van der Waals surface area contributed by atoms with Gasteiger partial charge < -0.3 is 0 Å². The van der Waals surface area contributed by atoms with Crippen molar-refractivity contribution in [2.45, 2.75) is 119 Å². The second-order valence-corrected chi connectivity index (χ2v) is 12.7. The molecule has 0 aromatic carbocycles. The first-order valence-corrected chi connectivity index (χ1v) is 13.5. The Balaban J connectivity index is 0.000000279. The number of alkyl halides is 3. The molecule has 8 heteroatoms. The third-order valence-corrected chi connectivity index (χ3v) is 10.9. The summed E-state index contributed by atoms with van der Waals surface area (Å²) in [5.74, 6) is 0. The van der Waals surface area contributed by atoms with Gasteiger partial charge in [0.05, 0.1) is 0 Å². The van der Waals surface area contributed by atoms with E-state index in [0.29, 0.717) is 7.92 Å². The maximum absolute atomic E-state index is 10.7. The van der Waals surface area contributed by atoms with E-state index in [1.165, 1.54) is 36.2 Å². The van der Waals surface area contributed by atoms with Gasteiger partial charge in [0, 0.05) is 0 Å². The van der Waals surface area contributed by atoms with Crippen LogP contribution < -0.4 is 0 Å². The Bertz CT molecular complexity index is 478. The molecule has 0 radical (unpaired) electrons. The molecular weight excluding hydrogens is 396 g/mol. The van der Waals surface area contributed by atoms with E-state index in [2.05, 4.69) is 0 Å². The highest BCUT2D eigenvalue weighted by Crippen LogP contribution is 2.61. The van der Waals surface area contributed by atoms with E-state index >= 15 is 0 Å². The summed E-state index contributed by atoms with van der Waals surface area (Å²) >= 11 is 0. The van der Waals surface area contributed by atoms with Crippen LogP contribution in [0.5, 0.6) is 0 Å². The predicted molar refractivity (Wildman–Crippen MR) is 105 cm³/mol. The lowest BCUT2D eigenvalue weighted by Gasteiger charge is -2.44. The Kier molecular flexibility index (Phi) is 9.34. The van der Waals surface area contributed by atoms with Gasteiger partial charge in [0.15, 0.2) is 0 Å². The lowest BCUT2D eigenvalue weighted by Crippen LogP contribution is -2.28. The van der Waals surface area contributed by atoms with Crippen molar-refractivity contribution in [1.82, 2.24) is 0 Å². The van der Waals surface area contributed by atoms with Gasteiger partial charge >= 0.3 is 15.6 Å². The van der Waals surface area contributed by atoms with E-state index in [1.54, 1.807) is 77.0 Å². The highest BCUT2D eigenvalue weighted by Gasteiger charge is 2.44. The molecule has 0 atom stereocenters. The molecule has 160 valence electrons. The van der Waals surface area contributed by atoms with Crippen molar-refractivity contribution >= 4 is 18.0 Å². The average Bonchev–Trinajstić information content (AvgIpc) is 2.64. The third kappa shape index (κ3) is 7.47. The summed E-state index contributed by atoms with van der Waals surface area (Å²) in [5.41, 5.74) is -1.97. The predicted octanol–water partition coefficient (Wildman–Crippen LogP) is 6.86. The highest BCUT2D eigenvalue weighted by atomic mass is 32.2. The van der Waals surface area contributed by atoms with E-state index in [4.69, 9.17) is 13.0 Å². The van der Waals surface area contributed by atoms with Crippen LogP contribution in [0.25, 0.3) is 0 Å². The molecule has 0 aliphatic heterocycles. The van der Waals surface area contributed by atoms with E-state index in [9.17, 15) is 13.2 Å². The first kappa shape index (κ1) is 23.4. The van der Waals surface area contributed by atoms with Crippen LogP contribution in [0, 0.1) is 0 Å². The topological polar surface area (TPSA) is 54.4 Å². The van der Waals surface area contributed by atoms with Gasteiger partial charge in [-0.2, -0.15) is 21.6 Å². The van der Waals surface area contributed by atoms with E-state index in [0.717, 1.165) is 0 Å². The maximum Gasteiger partial charge on any atom is 0.522 e. The lowest BCUT2D eigenvalue weighted by atomic mass is 9.99. The fourth-order valence-corrected chi connectivity index (χ4v) is 9.71. The van der Waals surface area contributed by atoms with E-state index in [-0.39, 0.29) is 0 Å². The molecule has 0 unspecified atom stereocenters. The van der Waals surface area contributed by atoms with E-state index in [1.807, 2.05) is 0 Å². The van der Waals surface area contributed by atoms with Crippen molar-refractivity contribution in [1.29, 1.82) is 0 Å². The summed E-state index contributed by atoms with van der Waals surface area (Å²) < 4.78 is 57.5. The molecule has 1 N–H and O–H groups in total. The summed E-state index contributed by atoms with van der Waals surface area (Å²) in [6, 6.07) is 0. The largest absolute Gasteiger partial charge is 0.522 e. The average molecular weight is 431 g/mol. The monoisotopic (exact) mass is 430 g/mol.